The molecule has 0 aromatic heterocycles. The molecule has 6 nitrogen and oxygen atoms in total. The lowest BCUT2D eigenvalue weighted by molar-refractivity contribution is -0.135. The fourth-order valence-electron chi connectivity index (χ4n) is 4.70. The number of carbonyl (C=O) groups excluding carboxylic acids is 3. The molecule has 1 heterocycles. The van der Waals surface area contributed by atoms with E-state index in [4.69, 9.17) is 4.74 Å². The predicted octanol–water partition coefficient (Wildman–Crippen LogP) is 3.49. The zero-order valence-corrected chi connectivity index (χ0v) is 17.8. The lowest BCUT2D eigenvalue weighted by Gasteiger charge is -2.32. The van der Waals surface area contributed by atoms with E-state index in [1.54, 1.807) is 24.3 Å². The summed E-state index contributed by atoms with van der Waals surface area (Å²) < 4.78 is 4.71. The number of para-hydroxylation sites is 1. The summed E-state index contributed by atoms with van der Waals surface area (Å²) in [5.41, 5.74) is 3.56. The van der Waals surface area contributed by atoms with Crippen molar-refractivity contribution in [2.75, 3.05) is 18.6 Å². The lowest BCUT2D eigenvalue weighted by Crippen LogP contribution is -2.45. The van der Waals surface area contributed by atoms with Crippen LogP contribution in [0.3, 0.4) is 0 Å². The first-order valence-electron chi connectivity index (χ1n) is 10.9. The van der Waals surface area contributed by atoms with E-state index in [1.807, 2.05) is 23.1 Å². The van der Waals surface area contributed by atoms with Crippen molar-refractivity contribution in [1.82, 2.24) is 5.32 Å². The summed E-state index contributed by atoms with van der Waals surface area (Å²) in [5.74, 6) is -0.956. The van der Waals surface area contributed by atoms with Gasteiger partial charge in [-0.05, 0) is 48.6 Å². The van der Waals surface area contributed by atoms with Crippen LogP contribution in [0.2, 0.25) is 0 Å². The predicted molar refractivity (Wildman–Crippen MR) is 118 cm³/mol. The third-order valence-corrected chi connectivity index (χ3v) is 6.41. The van der Waals surface area contributed by atoms with Crippen molar-refractivity contribution in [3.8, 4) is 0 Å². The summed E-state index contributed by atoms with van der Waals surface area (Å²) in [7, 11) is 1.35. The summed E-state index contributed by atoms with van der Waals surface area (Å²) in [6.45, 7) is 1.06. The van der Waals surface area contributed by atoms with Crippen molar-refractivity contribution in [3.05, 3.63) is 65.2 Å². The van der Waals surface area contributed by atoms with E-state index in [0.29, 0.717) is 18.7 Å². The Hall–Kier alpha value is -3.15. The van der Waals surface area contributed by atoms with Gasteiger partial charge in [-0.15, -0.1) is 0 Å². The number of amides is 2. The molecule has 4 rings (SSSR count). The van der Waals surface area contributed by atoms with Crippen LogP contribution < -0.4 is 10.2 Å². The molecule has 162 valence electrons. The number of nitrogens with one attached hydrogen (secondary N) is 1. The second-order valence-electron chi connectivity index (χ2n) is 8.27. The number of nitrogens with zero attached hydrogens (tertiary/aromatic N) is 1. The van der Waals surface area contributed by atoms with Gasteiger partial charge in [0.05, 0.1) is 18.6 Å². The van der Waals surface area contributed by atoms with Crippen molar-refractivity contribution < 1.29 is 19.1 Å². The highest BCUT2D eigenvalue weighted by molar-refractivity contribution is 5.99. The standard InChI is InChI=1S/C25H28N2O4/c1-31-25(30)19-12-10-17(11-13-19)16-26-23(28)20-7-3-4-8-21(20)24(29)27-15-14-18-6-2-5-9-22(18)27/h2,5-6,9-13,20-21H,3-4,7-8,14-16H2,1H3,(H,26,28). The Balaban J connectivity index is 1.41. The van der Waals surface area contributed by atoms with Crippen LogP contribution in [-0.4, -0.2) is 31.4 Å². The number of esters is 1. The number of carbonyl (C=O) groups is 3. The Kier molecular flexibility index (Phi) is 6.35. The summed E-state index contributed by atoms with van der Waals surface area (Å²) in [6, 6.07) is 15.0. The van der Waals surface area contributed by atoms with Gasteiger partial charge in [0.2, 0.25) is 11.8 Å². The number of anilines is 1. The molecule has 2 aliphatic rings. The van der Waals surface area contributed by atoms with Crippen molar-refractivity contribution in [3.63, 3.8) is 0 Å². The quantitative estimate of drug-likeness (QED) is 0.752. The van der Waals surface area contributed by atoms with Gasteiger partial charge in [-0.1, -0.05) is 43.2 Å². The van der Waals surface area contributed by atoms with Crippen molar-refractivity contribution in [2.24, 2.45) is 11.8 Å². The molecule has 2 amide bonds. The lowest BCUT2D eigenvalue weighted by atomic mass is 9.77. The number of ether oxygens (including phenoxy) is 1. The van der Waals surface area contributed by atoms with Crippen LogP contribution in [0.15, 0.2) is 48.5 Å². The minimum atomic E-state index is -0.386. The van der Waals surface area contributed by atoms with Crippen LogP contribution in [0.1, 0.15) is 47.2 Å². The van der Waals surface area contributed by atoms with E-state index in [1.165, 1.54) is 12.7 Å². The number of rotatable bonds is 5. The van der Waals surface area contributed by atoms with Crippen LogP contribution >= 0.6 is 0 Å². The number of methoxy groups -OCH3 is 1. The smallest absolute Gasteiger partial charge is 0.337 e. The Morgan fingerprint density at radius 3 is 2.45 bits per heavy atom. The molecule has 0 spiro atoms. The van der Waals surface area contributed by atoms with E-state index >= 15 is 0 Å². The van der Waals surface area contributed by atoms with Crippen LogP contribution in [0, 0.1) is 11.8 Å². The Labute approximate surface area is 182 Å². The average molecular weight is 421 g/mol. The van der Waals surface area contributed by atoms with Crippen molar-refractivity contribution in [2.45, 2.75) is 38.6 Å². The molecular formula is C25H28N2O4. The summed E-state index contributed by atoms with van der Waals surface area (Å²) >= 11 is 0. The molecule has 2 aromatic carbocycles. The Morgan fingerprint density at radius 2 is 1.71 bits per heavy atom. The fraction of sp³-hybridized carbons (Fsp3) is 0.400. The molecule has 6 heteroatoms. The first-order valence-corrected chi connectivity index (χ1v) is 10.9. The molecule has 1 saturated carbocycles. The SMILES string of the molecule is COC(=O)c1ccc(CNC(=O)C2CCCCC2C(=O)N2CCc3ccccc32)cc1. The molecule has 1 N–H and O–H groups in total. The monoisotopic (exact) mass is 420 g/mol. The molecule has 2 atom stereocenters. The maximum absolute atomic E-state index is 13.4. The molecule has 1 aliphatic heterocycles. The van der Waals surface area contributed by atoms with E-state index in [9.17, 15) is 14.4 Å². The van der Waals surface area contributed by atoms with E-state index in [-0.39, 0.29) is 29.6 Å². The van der Waals surface area contributed by atoms with Gasteiger partial charge < -0.3 is 15.0 Å². The summed E-state index contributed by atoms with van der Waals surface area (Å²) in [5, 5.41) is 3.00. The van der Waals surface area contributed by atoms with Crippen molar-refractivity contribution in [1.29, 1.82) is 0 Å². The maximum atomic E-state index is 13.4. The Morgan fingerprint density at radius 1 is 1.00 bits per heavy atom. The first-order chi connectivity index (χ1) is 15.1. The molecule has 1 fully saturated rings. The largest absolute Gasteiger partial charge is 0.465 e. The van der Waals surface area contributed by atoms with Gasteiger partial charge in [-0.2, -0.15) is 0 Å². The molecule has 2 unspecified atom stereocenters. The number of hydrogen-bond donors (Lipinski definition) is 1. The second-order valence-corrected chi connectivity index (χ2v) is 8.27. The van der Waals surface area contributed by atoms with Gasteiger partial charge >= 0.3 is 5.97 Å². The van der Waals surface area contributed by atoms with Crippen LogP contribution in [0.5, 0.6) is 0 Å². The molecule has 1 aliphatic carbocycles. The van der Waals surface area contributed by atoms with Crippen molar-refractivity contribution >= 4 is 23.5 Å². The molecule has 0 saturated heterocycles. The van der Waals surface area contributed by atoms with E-state index in [2.05, 4.69) is 11.4 Å². The third-order valence-electron chi connectivity index (χ3n) is 6.41. The second kappa shape index (κ2) is 9.33. The molecule has 0 radical (unpaired) electrons. The molecular weight excluding hydrogens is 392 g/mol. The van der Waals surface area contributed by atoms with Gasteiger partial charge in [0.25, 0.3) is 0 Å². The maximum Gasteiger partial charge on any atom is 0.337 e. The number of fused-ring (bicyclic) bond motifs is 1. The van der Waals surface area contributed by atoms with Gasteiger partial charge in [0.1, 0.15) is 0 Å². The van der Waals surface area contributed by atoms with E-state index < -0.39 is 0 Å². The molecule has 31 heavy (non-hydrogen) atoms. The third kappa shape index (κ3) is 4.48. The van der Waals surface area contributed by atoms with Crippen LogP contribution in [0.4, 0.5) is 5.69 Å². The zero-order valence-electron chi connectivity index (χ0n) is 17.8. The average Bonchev–Trinajstić information content (AvgIpc) is 3.26. The minimum Gasteiger partial charge on any atom is -0.465 e. The normalized spacial score (nSPS) is 20.1. The summed E-state index contributed by atoms with van der Waals surface area (Å²) in [6.07, 6.45) is 4.30. The minimum absolute atomic E-state index is 0.0671. The van der Waals surface area contributed by atoms with E-state index in [0.717, 1.165) is 43.4 Å². The highest BCUT2D eigenvalue weighted by atomic mass is 16.5. The number of benzene rings is 2. The summed E-state index contributed by atoms with van der Waals surface area (Å²) in [4.78, 5) is 39.8. The van der Waals surface area contributed by atoms with Gasteiger partial charge in [-0.3, -0.25) is 9.59 Å². The highest BCUT2D eigenvalue weighted by Gasteiger charge is 2.39. The van der Waals surface area contributed by atoms with Gasteiger partial charge in [0.15, 0.2) is 0 Å². The highest BCUT2D eigenvalue weighted by Crippen LogP contribution is 2.36. The van der Waals surface area contributed by atoms with Gasteiger partial charge in [-0.25, -0.2) is 4.79 Å². The Bertz CT molecular complexity index is 970. The topological polar surface area (TPSA) is 75.7 Å². The van der Waals surface area contributed by atoms with Gasteiger partial charge in [0, 0.05) is 24.7 Å². The fourth-order valence-corrected chi connectivity index (χ4v) is 4.70. The molecule has 0 bridgehead atoms. The van der Waals surface area contributed by atoms with Crippen LogP contribution in [0.25, 0.3) is 0 Å². The first kappa shape index (κ1) is 21.1. The van der Waals surface area contributed by atoms with Crippen LogP contribution in [-0.2, 0) is 27.3 Å². The zero-order chi connectivity index (χ0) is 21.8. The number of hydrogen-bond acceptors (Lipinski definition) is 4. The molecule has 2 aromatic rings.